The summed E-state index contributed by atoms with van der Waals surface area (Å²) in [6.45, 7) is 0.0549. The average Bonchev–Trinajstić information content (AvgIpc) is 2.86. The minimum atomic E-state index is -0.984. The first-order chi connectivity index (χ1) is 16.5. The van der Waals surface area contributed by atoms with Crippen molar-refractivity contribution in [2.24, 2.45) is 0 Å². The number of halogens is 1. The Hall–Kier alpha value is -3.81. The lowest BCUT2D eigenvalue weighted by Gasteiger charge is -2.33. The van der Waals surface area contributed by atoms with Gasteiger partial charge in [0.05, 0.1) is 6.20 Å². The molecule has 2 amide bonds. The molecule has 0 spiro atoms. The predicted molar refractivity (Wildman–Crippen MR) is 124 cm³/mol. The highest BCUT2D eigenvalue weighted by atomic mass is 19.1. The highest BCUT2D eigenvalue weighted by Gasteiger charge is 2.34. The standard InChI is InChI=1S/C26H27FN4O3/c27-20-10-6-18(7-11-20)17-31(26(34)23-16-28-14-15-29-23)24(19-8-12-22(32)13-9-19)25(33)30-21-4-2-1-3-5-21/h6-16,21,24,32H,1-5,17H2,(H,30,33)/t24-/m0/s1. The molecule has 1 aliphatic carbocycles. The Balaban J connectivity index is 1.73. The van der Waals surface area contributed by atoms with Crippen molar-refractivity contribution in [3.63, 3.8) is 0 Å². The Morgan fingerprint density at radius 3 is 2.38 bits per heavy atom. The minimum Gasteiger partial charge on any atom is -0.508 e. The number of nitrogens with one attached hydrogen (secondary N) is 1. The molecule has 0 unspecified atom stereocenters. The molecule has 0 saturated heterocycles. The van der Waals surface area contributed by atoms with Gasteiger partial charge in [-0.3, -0.25) is 14.6 Å². The molecule has 0 radical (unpaired) electrons. The monoisotopic (exact) mass is 462 g/mol. The summed E-state index contributed by atoms with van der Waals surface area (Å²) in [7, 11) is 0. The molecule has 34 heavy (non-hydrogen) atoms. The molecule has 1 heterocycles. The first-order valence-corrected chi connectivity index (χ1v) is 11.4. The van der Waals surface area contributed by atoms with Crippen LogP contribution in [0.5, 0.6) is 5.75 Å². The van der Waals surface area contributed by atoms with Crippen molar-refractivity contribution < 1.29 is 19.1 Å². The van der Waals surface area contributed by atoms with E-state index in [1.165, 1.54) is 47.8 Å². The Morgan fingerprint density at radius 1 is 1.03 bits per heavy atom. The number of phenolic OH excluding ortho intramolecular Hbond substituents is 1. The molecule has 0 bridgehead atoms. The van der Waals surface area contributed by atoms with Gasteiger partial charge in [0.25, 0.3) is 5.91 Å². The highest BCUT2D eigenvalue weighted by molar-refractivity contribution is 5.96. The zero-order chi connectivity index (χ0) is 23.9. The minimum absolute atomic E-state index is 0.0418. The van der Waals surface area contributed by atoms with Gasteiger partial charge in [0, 0.05) is 25.0 Å². The molecule has 1 fully saturated rings. The van der Waals surface area contributed by atoms with Gasteiger partial charge in [-0.05, 0) is 48.2 Å². The van der Waals surface area contributed by atoms with E-state index in [2.05, 4.69) is 15.3 Å². The zero-order valence-electron chi connectivity index (χ0n) is 18.7. The van der Waals surface area contributed by atoms with Crippen molar-refractivity contribution >= 4 is 11.8 Å². The maximum atomic E-state index is 13.7. The van der Waals surface area contributed by atoms with Crippen molar-refractivity contribution in [3.8, 4) is 5.75 Å². The number of aromatic hydroxyl groups is 1. The number of carbonyl (C=O) groups excluding carboxylic acids is 2. The third-order valence-corrected chi connectivity index (χ3v) is 6.03. The van der Waals surface area contributed by atoms with Crippen molar-refractivity contribution in [1.29, 1.82) is 0 Å². The number of amides is 2. The smallest absolute Gasteiger partial charge is 0.275 e. The second-order valence-corrected chi connectivity index (χ2v) is 8.49. The van der Waals surface area contributed by atoms with E-state index in [1.807, 2.05) is 0 Å². The van der Waals surface area contributed by atoms with Crippen LogP contribution in [0.15, 0.2) is 67.1 Å². The van der Waals surface area contributed by atoms with Crippen LogP contribution in [0.25, 0.3) is 0 Å². The lowest BCUT2D eigenvalue weighted by atomic mass is 9.94. The molecule has 0 aliphatic heterocycles. The molecule has 176 valence electrons. The van der Waals surface area contributed by atoms with E-state index >= 15 is 0 Å². The molecule has 4 rings (SSSR count). The largest absolute Gasteiger partial charge is 0.508 e. The van der Waals surface area contributed by atoms with Crippen LogP contribution >= 0.6 is 0 Å². The number of hydrogen-bond donors (Lipinski definition) is 2. The van der Waals surface area contributed by atoms with E-state index in [1.54, 1.807) is 24.3 Å². The van der Waals surface area contributed by atoms with Gasteiger partial charge in [0.2, 0.25) is 5.91 Å². The maximum absolute atomic E-state index is 13.7. The third-order valence-electron chi connectivity index (χ3n) is 6.03. The van der Waals surface area contributed by atoms with Gasteiger partial charge >= 0.3 is 0 Å². The Morgan fingerprint density at radius 2 is 1.74 bits per heavy atom. The number of hydrogen-bond acceptors (Lipinski definition) is 5. The molecular weight excluding hydrogens is 435 g/mol. The number of aromatic nitrogens is 2. The van der Waals surface area contributed by atoms with Crippen LogP contribution in [0, 0.1) is 5.82 Å². The van der Waals surface area contributed by atoms with Crippen LogP contribution in [0.2, 0.25) is 0 Å². The molecule has 3 aromatic rings. The zero-order valence-corrected chi connectivity index (χ0v) is 18.7. The second-order valence-electron chi connectivity index (χ2n) is 8.49. The van der Waals surface area contributed by atoms with Gasteiger partial charge in [-0.1, -0.05) is 43.5 Å². The topological polar surface area (TPSA) is 95.4 Å². The predicted octanol–water partition coefficient (Wildman–Crippen LogP) is 4.15. The fourth-order valence-corrected chi connectivity index (χ4v) is 4.28. The van der Waals surface area contributed by atoms with Gasteiger partial charge in [-0.25, -0.2) is 9.37 Å². The quantitative estimate of drug-likeness (QED) is 0.550. The van der Waals surface area contributed by atoms with Gasteiger partial charge in [-0.2, -0.15) is 0 Å². The van der Waals surface area contributed by atoms with E-state index in [4.69, 9.17) is 0 Å². The SMILES string of the molecule is O=C(NC1CCCCC1)[C@H](c1ccc(O)cc1)N(Cc1ccc(F)cc1)C(=O)c1cnccn1. The number of rotatable bonds is 7. The third kappa shape index (κ3) is 5.75. The Labute approximate surface area is 197 Å². The van der Waals surface area contributed by atoms with Gasteiger partial charge in [0.1, 0.15) is 23.3 Å². The summed E-state index contributed by atoms with van der Waals surface area (Å²) in [5.41, 5.74) is 1.30. The molecule has 1 aromatic heterocycles. The summed E-state index contributed by atoms with van der Waals surface area (Å²) >= 11 is 0. The number of phenols is 1. The summed E-state index contributed by atoms with van der Waals surface area (Å²) in [5.74, 6) is -1.12. The van der Waals surface area contributed by atoms with Crippen LogP contribution in [0.4, 0.5) is 4.39 Å². The number of benzene rings is 2. The summed E-state index contributed by atoms with van der Waals surface area (Å²) in [6, 6.07) is 11.1. The van der Waals surface area contributed by atoms with Gasteiger partial charge in [-0.15, -0.1) is 0 Å². The van der Waals surface area contributed by atoms with Crippen molar-refractivity contribution in [2.45, 2.75) is 50.7 Å². The summed E-state index contributed by atoms with van der Waals surface area (Å²) < 4.78 is 13.5. The van der Waals surface area contributed by atoms with Crippen molar-refractivity contribution in [1.82, 2.24) is 20.2 Å². The first-order valence-electron chi connectivity index (χ1n) is 11.4. The van der Waals surface area contributed by atoms with Gasteiger partial charge < -0.3 is 15.3 Å². The summed E-state index contributed by atoms with van der Waals surface area (Å²) in [6.07, 6.45) is 9.27. The summed E-state index contributed by atoms with van der Waals surface area (Å²) in [5, 5.41) is 12.9. The Bertz CT molecular complexity index is 1100. The second kappa shape index (κ2) is 10.9. The fourth-order valence-electron chi connectivity index (χ4n) is 4.28. The van der Waals surface area contributed by atoms with Crippen molar-refractivity contribution in [2.75, 3.05) is 0 Å². The number of carbonyl (C=O) groups is 2. The van der Waals surface area contributed by atoms with Crippen LogP contribution in [0.1, 0.15) is 59.8 Å². The molecule has 1 saturated carbocycles. The highest BCUT2D eigenvalue weighted by Crippen LogP contribution is 2.28. The lowest BCUT2D eigenvalue weighted by Crippen LogP contribution is -2.47. The molecule has 8 heteroatoms. The van der Waals surface area contributed by atoms with Crippen LogP contribution < -0.4 is 5.32 Å². The molecule has 2 aromatic carbocycles. The normalized spacial score (nSPS) is 14.9. The Kier molecular flexibility index (Phi) is 7.47. The van der Waals surface area contributed by atoms with E-state index in [0.717, 1.165) is 32.1 Å². The fraction of sp³-hybridized carbons (Fsp3) is 0.308. The van der Waals surface area contributed by atoms with Crippen LogP contribution in [-0.4, -0.2) is 37.8 Å². The lowest BCUT2D eigenvalue weighted by molar-refractivity contribution is -0.127. The van der Waals surface area contributed by atoms with E-state index in [-0.39, 0.29) is 35.8 Å². The van der Waals surface area contributed by atoms with Crippen molar-refractivity contribution in [3.05, 3.63) is 89.8 Å². The number of nitrogens with zero attached hydrogens (tertiary/aromatic N) is 3. The molecule has 1 atom stereocenters. The summed E-state index contributed by atoms with van der Waals surface area (Å²) in [4.78, 5) is 36.8. The average molecular weight is 463 g/mol. The molecule has 1 aliphatic rings. The first kappa shape index (κ1) is 23.4. The van der Waals surface area contributed by atoms with Gasteiger partial charge in [0.15, 0.2) is 0 Å². The maximum Gasteiger partial charge on any atom is 0.275 e. The molecule has 7 nitrogen and oxygen atoms in total. The molecular formula is C26H27FN4O3. The molecule has 2 N–H and O–H groups in total. The van der Waals surface area contributed by atoms with E-state index in [0.29, 0.717) is 11.1 Å². The van der Waals surface area contributed by atoms with Crippen LogP contribution in [0.3, 0.4) is 0 Å². The van der Waals surface area contributed by atoms with E-state index < -0.39 is 11.9 Å². The van der Waals surface area contributed by atoms with Crippen LogP contribution in [-0.2, 0) is 11.3 Å². The van der Waals surface area contributed by atoms with E-state index in [9.17, 15) is 19.1 Å².